The minimum Gasteiger partial charge on any atom is -0.481 e. The number of aromatic nitrogens is 2. The molecule has 0 aliphatic carbocycles. The van der Waals surface area contributed by atoms with Crippen molar-refractivity contribution in [3.05, 3.63) is 41.2 Å². The summed E-state index contributed by atoms with van der Waals surface area (Å²) in [5, 5.41) is 15.7. The smallest absolute Gasteiger partial charge is 0.330 e. The van der Waals surface area contributed by atoms with Gasteiger partial charge in [-0.25, -0.2) is 14.8 Å². The number of esters is 1. The molecular weight excluding hydrogens is 450 g/mol. The van der Waals surface area contributed by atoms with Gasteiger partial charge < -0.3 is 25.4 Å². The van der Waals surface area contributed by atoms with Crippen LogP contribution in [0.3, 0.4) is 0 Å². The van der Waals surface area contributed by atoms with E-state index in [9.17, 15) is 19.5 Å². The molecule has 10 nitrogen and oxygen atoms in total. The van der Waals surface area contributed by atoms with Crippen LogP contribution < -0.4 is 15.4 Å². The van der Waals surface area contributed by atoms with Crippen LogP contribution in [0.25, 0.3) is 0 Å². The Morgan fingerprint density at radius 2 is 2.14 bits per heavy atom. The number of fused-ring (bicyclic) bond motifs is 2. The van der Waals surface area contributed by atoms with Gasteiger partial charge in [0.2, 0.25) is 5.91 Å². The lowest BCUT2D eigenvalue weighted by Gasteiger charge is -2.28. The SMILES string of the molecule is O=C(O)C[C@@H](c1cnc2c(c1)OC(=O)CN2)N1CCC(CCCc2ccc3c(n2)NCCC3)C1=O. The first-order valence-electron chi connectivity index (χ1n) is 12.2. The van der Waals surface area contributed by atoms with Crippen LogP contribution in [0.2, 0.25) is 0 Å². The van der Waals surface area contributed by atoms with Gasteiger partial charge in [0, 0.05) is 30.9 Å². The first-order valence-corrected chi connectivity index (χ1v) is 12.2. The zero-order valence-electron chi connectivity index (χ0n) is 19.5. The summed E-state index contributed by atoms with van der Waals surface area (Å²) in [4.78, 5) is 47.2. The largest absolute Gasteiger partial charge is 0.481 e. The molecule has 3 aliphatic rings. The second kappa shape index (κ2) is 9.89. The van der Waals surface area contributed by atoms with Gasteiger partial charge in [0.05, 0.1) is 12.5 Å². The number of hydrogen-bond donors (Lipinski definition) is 3. The monoisotopic (exact) mass is 479 g/mol. The molecule has 5 rings (SSSR count). The Kier molecular flexibility index (Phi) is 6.52. The van der Waals surface area contributed by atoms with E-state index in [0.29, 0.717) is 24.3 Å². The number of carboxylic acid groups (broad SMARTS) is 1. The molecule has 1 fully saturated rings. The van der Waals surface area contributed by atoms with E-state index in [-0.39, 0.29) is 30.5 Å². The summed E-state index contributed by atoms with van der Waals surface area (Å²) in [6, 6.07) is 5.15. The molecule has 0 bridgehead atoms. The van der Waals surface area contributed by atoms with E-state index in [4.69, 9.17) is 9.72 Å². The third-order valence-electron chi connectivity index (χ3n) is 6.91. The summed E-state index contributed by atoms with van der Waals surface area (Å²) in [6.07, 6.45) is 6.53. The van der Waals surface area contributed by atoms with Gasteiger partial charge in [0.25, 0.3) is 0 Å². The molecule has 2 atom stereocenters. The van der Waals surface area contributed by atoms with E-state index in [0.717, 1.165) is 50.2 Å². The van der Waals surface area contributed by atoms with Crippen LogP contribution in [0.1, 0.15) is 55.0 Å². The van der Waals surface area contributed by atoms with Crippen LogP contribution in [-0.4, -0.2) is 57.5 Å². The fraction of sp³-hybridized carbons (Fsp3) is 0.480. The Labute approximate surface area is 203 Å². The van der Waals surface area contributed by atoms with Crippen LogP contribution in [0.5, 0.6) is 5.75 Å². The van der Waals surface area contributed by atoms with Gasteiger partial charge in [-0.15, -0.1) is 0 Å². The van der Waals surface area contributed by atoms with E-state index in [1.807, 2.05) is 0 Å². The van der Waals surface area contributed by atoms with E-state index in [1.165, 1.54) is 5.56 Å². The van der Waals surface area contributed by atoms with Crippen LogP contribution >= 0.6 is 0 Å². The fourth-order valence-electron chi connectivity index (χ4n) is 5.12. The van der Waals surface area contributed by atoms with Gasteiger partial charge in [-0.2, -0.15) is 0 Å². The number of rotatable bonds is 8. The molecule has 2 aromatic heterocycles. The number of anilines is 2. The molecule has 10 heteroatoms. The van der Waals surface area contributed by atoms with Crippen molar-refractivity contribution in [2.75, 3.05) is 30.3 Å². The van der Waals surface area contributed by atoms with Crippen LogP contribution in [0, 0.1) is 5.92 Å². The lowest BCUT2D eigenvalue weighted by atomic mass is 9.98. The summed E-state index contributed by atoms with van der Waals surface area (Å²) in [6.45, 7) is 1.46. The highest BCUT2D eigenvalue weighted by molar-refractivity contribution is 5.83. The van der Waals surface area contributed by atoms with Gasteiger partial charge in [0.1, 0.15) is 12.4 Å². The van der Waals surface area contributed by atoms with E-state index in [2.05, 4.69) is 27.8 Å². The van der Waals surface area contributed by atoms with E-state index >= 15 is 0 Å². The number of hydrogen-bond acceptors (Lipinski definition) is 8. The molecule has 184 valence electrons. The standard InChI is InChI=1S/C25H29N5O5/c31-21(32)12-19(17-11-20-24(27-13-17)28-14-22(33)35-20)30-10-8-16(25(30)34)3-1-5-18-7-6-15-4-2-9-26-23(15)29-18/h6-7,11,13,16,19H,1-5,8-10,12,14H2,(H,26,29)(H,27,28)(H,31,32)/t16?,19-/m0/s1. The third-order valence-corrected chi connectivity index (χ3v) is 6.91. The molecule has 0 radical (unpaired) electrons. The topological polar surface area (TPSA) is 134 Å². The molecule has 3 N–H and O–H groups in total. The maximum absolute atomic E-state index is 13.3. The van der Waals surface area contributed by atoms with Gasteiger partial charge in [-0.3, -0.25) is 9.59 Å². The summed E-state index contributed by atoms with van der Waals surface area (Å²) in [5.74, 6) is 0.0338. The fourth-order valence-corrected chi connectivity index (χ4v) is 5.12. The highest BCUT2D eigenvalue weighted by atomic mass is 16.5. The zero-order chi connectivity index (χ0) is 24.4. The number of aryl methyl sites for hydroxylation is 2. The van der Waals surface area contributed by atoms with Crippen molar-refractivity contribution in [3.63, 3.8) is 0 Å². The Balaban J connectivity index is 1.24. The third kappa shape index (κ3) is 5.06. The highest BCUT2D eigenvalue weighted by Crippen LogP contribution is 2.36. The number of pyridine rings is 2. The van der Waals surface area contributed by atoms with Crippen molar-refractivity contribution >= 4 is 29.5 Å². The minimum atomic E-state index is -1.01. The number of nitrogens with zero attached hydrogens (tertiary/aromatic N) is 3. The van der Waals surface area contributed by atoms with Crippen molar-refractivity contribution in [3.8, 4) is 5.75 Å². The lowest BCUT2D eigenvalue weighted by molar-refractivity contribution is -0.140. The normalized spacial score (nSPS) is 19.8. The molecule has 5 heterocycles. The second-order valence-electron chi connectivity index (χ2n) is 9.31. The van der Waals surface area contributed by atoms with Crippen molar-refractivity contribution in [2.24, 2.45) is 5.92 Å². The number of aliphatic carboxylic acids is 1. The quantitative estimate of drug-likeness (QED) is 0.488. The molecule has 1 saturated heterocycles. The Bertz CT molecular complexity index is 1150. The number of ether oxygens (including phenoxy) is 1. The van der Waals surface area contributed by atoms with Crippen LogP contribution in [0.15, 0.2) is 24.4 Å². The molecule has 1 amide bonds. The first-order chi connectivity index (χ1) is 17.0. The average Bonchev–Trinajstić information content (AvgIpc) is 3.21. The predicted octanol–water partition coefficient (Wildman–Crippen LogP) is 2.55. The van der Waals surface area contributed by atoms with Crippen molar-refractivity contribution in [1.29, 1.82) is 0 Å². The van der Waals surface area contributed by atoms with Crippen LogP contribution in [0.4, 0.5) is 11.6 Å². The number of amides is 1. The second-order valence-corrected chi connectivity index (χ2v) is 9.31. The first kappa shape index (κ1) is 23.1. The van der Waals surface area contributed by atoms with E-state index in [1.54, 1.807) is 17.2 Å². The van der Waals surface area contributed by atoms with E-state index < -0.39 is 18.0 Å². The minimum absolute atomic E-state index is 0.0294. The number of nitrogens with one attached hydrogen (secondary N) is 2. The number of carboxylic acids is 1. The maximum Gasteiger partial charge on any atom is 0.330 e. The average molecular weight is 480 g/mol. The zero-order valence-corrected chi connectivity index (χ0v) is 19.5. The van der Waals surface area contributed by atoms with Gasteiger partial charge >= 0.3 is 11.9 Å². The maximum atomic E-state index is 13.3. The molecule has 0 aromatic carbocycles. The molecule has 1 unspecified atom stereocenters. The van der Waals surface area contributed by atoms with Crippen molar-refractivity contribution in [1.82, 2.24) is 14.9 Å². The molecular formula is C25H29N5O5. The van der Waals surface area contributed by atoms with Crippen molar-refractivity contribution < 1.29 is 24.2 Å². The Morgan fingerprint density at radius 1 is 1.26 bits per heavy atom. The summed E-state index contributed by atoms with van der Waals surface area (Å²) in [5.41, 5.74) is 2.82. The highest BCUT2D eigenvalue weighted by Gasteiger charge is 2.37. The molecule has 2 aromatic rings. The molecule has 0 saturated carbocycles. The Morgan fingerprint density at radius 3 is 3.00 bits per heavy atom. The van der Waals surface area contributed by atoms with Gasteiger partial charge in [0.15, 0.2) is 11.6 Å². The molecule has 35 heavy (non-hydrogen) atoms. The number of carbonyl (C=O) groups is 3. The predicted molar refractivity (Wildman–Crippen MR) is 127 cm³/mol. The van der Waals surface area contributed by atoms with Gasteiger partial charge in [-0.1, -0.05) is 6.07 Å². The van der Waals surface area contributed by atoms with Crippen LogP contribution in [-0.2, 0) is 27.2 Å². The molecule has 3 aliphatic heterocycles. The summed E-state index contributed by atoms with van der Waals surface area (Å²) >= 11 is 0. The van der Waals surface area contributed by atoms with Gasteiger partial charge in [-0.05, 0) is 61.8 Å². The number of carbonyl (C=O) groups excluding carboxylic acids is 2. The summed E-state index contributed by atoms with van der Waals surface area (Å²) < 4.78 is 5.24. The van der Waals surface area contributed by atoms with Crippen molar-refractivity contribution in [2.45, 2.75) is 51.0 Å². The summed E-state index contributed by atoms with van der Waals surface area (Å²) in [7, 11) is 0. The lowest BCUT2D eigenvalue weighted by Crippen LogP contribution is -2.33. The number of likely N-dealkylation sites (tertiary alicyclic amines) is 1. The molecule has 0 spiro atoms. The Hall–Kier alpha value is -3.69.